The summed E-state index contributed by atoms with van der Waals surface area (Å²) < 4.78 is 41.5. The van der Waals surface area contributed by atoms with Gasteiger partial charge in [-0.2, -0.15) is 8.42 Å². The fraction of sp³-hybridized carbons (Fsp3) is 1.00. The second kappa shape index (κ2) is 12.3. The van der Waals surface area contributed by atoms with Crippen LogP contribution in [0.2, 0.25) is 0 Å². The largest absolute Gasteiger partial charge is 0.323 e. The van der Waals surface area contributed by atoms with Gasteiger partial charge in [-0.25, -0.2) is 4.39 Å². The Morgan fingerprint density at radius 1 is 1.12 bits per heavy atom. The average molecular weight is 271 g/mol. The molecule has 17 heavy (non-hydrogen) atoms. The zero-order valence-corrected chi connectivity index (χ0v) is 11.9. The van der Waals surface area contributed by atoms with Crippen molar-refractivity contribution in [3.05, 3.63) is 0 Å². The fourth-order valence-corrected chi connectivity index (χ4v) is 1.70. The smallest absolute Gasteiger partial charge is 0.297 e. The lowest BCUT2D eigenvalue weighted by atomic mass is 10.1. The summed E-state index contributed by atoms with van der Waals surface area (Å²) in [7, 11) is -0.717. The normalized spacial score (nSPS) is 12.8. The van der Waals surface area contributed by atoms with E-state index in [1.165, 1.54) is 0 Å². The Kier molecular flexibility index (Phi) is 13.8. The van der Waals surface area contributed by atoms with E-state index in [-0.39, 0.29) is 6.42 Å². The molecule has 0 aliphatic carbocycles. The quantitative estimate of drug-likeness (QED) is 0.526. The number of hydrogen-bond acceptors (Lipinski definition) is 3. The molecule has 2 N–H and O–H groups in total. The van der Waals surface area contributed by atoms with Crippen LogP contribution in [0.1, 0.15) is 51.9 Å². The summed E-state index contributed by atoms with van der Waals surface area (Å²) >= 11 is 0. The molecule has 0 spiro atoms. The first-order chi connectivity index (χ1) is 7.90. The molecule has 0 bridgehead atoms. The maximum absolute atomic E-state index is 12.6. The zero-order valence-electron chi connectivity index (χ0n) is 11.1. The third-order valence-electron chi connectivity index (χ3n) is 2.11. The molecular formula is C11H26FNO3S. The van der Waals surface area contributed by atoms with Gasteiger partial charge in [0.1, 0.15) is 0 Å². The number of alkyl halides is 1. The highest BCUT2D eigenvalue weighted by molar-refractivity contribution is 7.86. The monoisotopic (exact) mass is 271 g/mol. The van der Waals surface area contributed by atoms with Gasteiger partial charge in [-0.05, 0) is 26.9 Å². The molecule has 0 aliphatic heterocycles. The minimum absolute atomic E-state index is 0.0923. The van der Waals surface area contributed by atoms with Crippen molar-refractivity contribution in [1.82, 2.24) is 5.32 Å². The molecule has 0 radical (unpaired) electrons. The molecule has 0 aromatic rings. The summed E-state index contributed by atoms with van der Waals surface area (Å²) in [6.07, 6.45) is 5.69. The van der Waals surface area contributed by atoms with Gasteiger partial charge in [-0.15, -0.1) is 0 Å². The highest BCUT2D eigenvalue weighted by Gasteiger charge is 2.20. The first-order valence-electron chi connectivity index (χ1n) is 6.09. The average Bonchev–Trinajstić information content (AvgIpc) is 2.22. The van der Waals surface area contributed by atoms with E-state index in [1.807, 2.05) is 14.1 Å². The Labute approximate surface area is 105 Å². The lowest BCUT2D eigenvalue weighted by Crippen LogP contribution is -2.14. The van der Waals surface area contributed by atoms with Gasteiger partial charge < -0.3 is 5.32 Å². The molecule has 0 saturated carbocycles. The van der Waals surface area contributed by atoms with Crippen LogP contribution in [-0.2, 0) is 10.1 Å². The van der Waals surface area contributed by atoms with Gasteiger partial charge in [-0.1, -0.05) is 39.0 Å². The maximum atomic E-state index is 12.6. The van der Waals surface area contributed by atoms with Crippen molar-refractivity contribution in [2.24, 2.45) is 0 Å². The lowest BCUT2D eigenvalue weighted by molar-refractivity contribution is 0.350. The third kappa shape index (κ3) is 15.8. The minimum atomic E-state index is -4.47. The zero-order chi connectivity index (χ0) is 13.7. The van der Waals surface area contributed by atoms with Gasteiger partial charge in [0.05, 0.1) is 0 Å². The van der Waals surface area contributed by atoms with E-state index in [0.29, 0.717) is 6.42 Å². The molecule has 6 heteroatoms. The summed E-state index contributed by atoms with van der Waals surface area (Å²) in [6, 6.07) is 0. The van der Waals surface area contributed by atoms with E-state index >= 15 is 0 Å². The molecule has 0 rings (SSSR count). The van der Waals surface area contributed by atoms with Crippen LogP contribution >= 0.6 is 0 Å². The molecule has 0 heterocycles. The van der Waals surface area contributed by atoms with Gasteiger partial charge in [0.25, 0.3) is 10.1 Å². The number of rotatable bonds is 8. The predicted molar refractivity (Wildman–Crippen MR) is 69.4 cm³/mol. The molecule has 1 unspecified atom stereocenters. The summed E-state index contributed by atoms with van der Waals surface area (Å²) in [5.74, 6) is 0. The Morgan fingerprint density at radius 3 is 1.94 bits per heavy atom. The maximum Gasteiger partial charge on any atom is 0.297 e. The highest BCUT2D eigenvalue weighted by Crippen LogP contribution is 2.13. The third-order valence-corrected chi connectivity index (χ3v) is 2.99. The van der Waals surface area contributed by atoms with Crippen molar-refractivity contribution >= 4 is 10.1 Å². The summed E-state index contributed by atoms with van der Waals surface area (Å²) in [5.41, 5.74) is -2.10. The van der Waals surface area contributed by atoms with Gasteiger partial charge >= 0.3 is 0 Å². The first-order valence-corrected chi connectivity index (χ1v) is 7.59. The molecule has 0 aromatic heterocycles. The van der Waals surface area contributed by atoms with Crippen molar-refractivity contribution < 1.29 is 17.4 Å². The molecule has 0 fully saturated rings. The molecule has 106 valence electrons. The van der Waals surface area contributed by atoms with Crippen LogP contribution in [0.4, 0.5) is 4.39 Å². The second-order valence-electron chi connectivity index (χ2n) is 3.98. The Bertz CT molecular complexity index is 245. The number of nitrogens with one attached hydrogen (secondary N) is 1. The predicted octanol–water partition coefficient (Wildman–Crippen LogP) is 2.76. The molecule has 1 atom stereocenters. The Balaban J connectivity index is 0. The van der Waals surface area contributed by atoms with E-state index in [9.17, 15) is 12.8 Å². The van der Waals surface area contributed by atoms with Crippen molar-refractivity contribution in [3.8, 4) is 0 Å². The summed E-state index contributed by atoms with van der Waals surface area (Å²) in [4.78, 5) is 0. The molecule has 4 nitrogen and oxygen atoms in total. The van der Waals surface area contributed by atoms with Crippen LogP contribution in [0.5, 0.6) is 0 Å². The van der Waals surface area contributed by atoms with Crippen LogP contribution < -0.4 is 5.32 Å². The van der Waals surface area contributed by atoms with Gasteiger partial charge in [0, 0.05) is 0 Å². The van der Waals surface area contributed by atoms with Crippen molar-refractivity contribution in [2.45, 2.75) is 57.4 Å². The number of halogens is 1. The van der Waals surface area contributed by atoms with Gasteiger partial charge in [-0.3, -0.25) is 4.55 Å². The fourth-order valence-electron chi connectivity index (χ4n) is 1.23. The SMILES string of the molecule is CCCCCCCCC(F)S(=O)(=O)O.CNC. The van der Waals surface area contributed by atoms with Crippen LogP contribution in [-0.4, -0.2) is 32.6 Å². The van der Waals surface area contributed by atoms with Crippen molar-refractivity contribution in [3.63, 3.8) is 0 Å². The van der Waals surface area contributed by atoms with Crippen LogP contribution in [0.25, 0.3) is 0 Å². The molecular weight excluding hydrogens is 245 g/mol. The standard InChI is InChI=1S/C9H19FO3S.C2H7N/c1-2-3-4-5-6-7-8-9(10)14(11,12)13;1-3-2/h9H,2-8H2,1H3,(H,11,12,13);3H,1-2H3. The number of hydrogen-bond donors (Lipinski definition) is 2. The molecule has 0 aliphatic rings. The van der Waals surface area contributed by atoms with Crippen LogP contribution in [0.15, 0.2) is 0 Å². The van der Waals surface area contributed by atoms with E-state index in [2.05, 4.69) is 12.2 Å². The van der Waals surface area contributed by atoms with E-state index in [4.69, 9.17) is 4.55 Å². The summed E-state index contributed by atoms with van der Waals surface area (Å²) in [6.45, 7) is 2.11. The topological polar surface area (TPSA) is 66.4 Å². The highest BCUT2D eigenvalue weighted by atomic mass is 32.2. The molecule has 0 amide bonds. The van der Waals surface area contributed by atoms with Crippen LogP contribution in [0.3, 0.4) is 0 Å². The molecule has 0 aromatic carbocycles. The van der Waals surface area contributed by atoms with Crippen LogP contribution in [0, 0.1) is 0 Å². The second-order valence-corrected chi connectivity index (χ2v) is 5.52. The van der Waals surface area contributed by atoms with Crippen molar-refractivity contribution in [1.29, 1.82) is 0 Å². The molecule has 0 saturated heterocycles. The van der Waals surface area contributed by atoms with Crippen molar-refractivity contribution in [2.75, 3.05) is 14.1 Å². The first kappa shape index (κ1) is 19.1. The Hall–Kier alpha value is -0.200. The van der Waals surface area contributed by atoms with E-state index in [0.717, 1.165) is 32.1 Å². The van der Waals surface area contributed by atoms with E-state index in [1.54, 1.807) is 0 Å². The Morgan fingerprint density at radius 2 is 1.53 bits per heavy atom. The summed E-state index contributed by atoms with van der Waals surface area (Å²) in [5, 5.41) is 2.75. The minimum Gasteiger partial charge on any atom is -0.323 e. The van der Waals surface area contributed by atoms with Gasteiger partial charge in [0.15, 0.2) is 0 Å². The number of unbranched alkanes of at least 4 members (excludes halogenated alkanes) is 5. The van der Waals surface area contributed by atoms with E-state index < -0.39 is 15.6 Å². The van der Waals surface area contributed by atoms with Gasteiger partial charge in [0.2, 0.25) is 5.50 Å². The lowest BCUT2D eigenvalue weighted by Gasteiger charge is -2.04.